The van der Waals surface area contributed by atoms with Gasteiger partial charge in [-0.2, -0.15) is 4.98 Å². The summed E-state index contributed by atoms with van der Waals surface area (Å²) in [5, 5.41) is 0. The molecule has 0 bridgehead atoms. The van der Waals surface area contributed by atoms with Crippen LogP contribution < -0.4 is 10.5 Å². The zero-order valence-corrected chi connectivity index (χ0v) is 25.5. The summed E-state index contributed by atoms with van der Waals surface area (Å²) in [5.41, 5.74) is 8.80. The number of nitrogens with two attached hydrogens (primary N) is 1. The molecule has 11 nitrogen and oxygen atoms in total. The Morgan fingerprint density at radius 2 is 1.88 bits per heavy atom. The van der Waals surface area contributed by atoms with Gasteiger partial charge in [-0.1, -0.05) is 13.0 Å². The van der Waals surface area contributed by atoms with E-state index < -0.39 is 11.2 Å². The van der Waals surface area contributed by atoms with E-state index in [0.717, 1.165) is 70.2 Å². The van der Waals surface area contributed by atoms with Crippen LogP contribution in [0.4, 0.5) is 0 Å². The van der Waals surface area contributed by atoms with Crippen molar-refractivity contribution in [2.24, 2.45) is 11.1 Å². The number of Topliss-reactive ketones (excluding diaryl/α,β-unsaturated/α-hetero) is 1. The van der Waals surface area contributed by atoms with E-state index in [2.05, 4.69) is 23.1 Å². The highest BCUT2D eigenvalue weighted by Crippen LogP contribution is 2.57. The zero-order valence-electron chi connectivity index (χ0n) is 25.5. The number of allylic oxidation sites excluding steroid dienone is 1. The molecule has 0 radical (unpaired) electrons. The van der Waals surface area contributed by atoms with Crippen LogP contribution in [0.5, 0.6) is 5.88 Å². The number of nitrogens with zero attached hydrogens (tertiary/aromatic N) is 5. The molecular weight excluding hydrogens is 548 g/mol. The summed E-state index contributed by atoms with van der Waals surface area (Å²) in [6, 6.07) is 0.242. The average molecular weight is 593 g/mol. The maximum absolute atomic E-state index is 14.5. The number of aromatic nitrogens is 4. The van der Waals surface area contributed by atoms with E-state index in [0.29, 0.717) is 61.2 Å². The van der Waals surface area contributed by atoms with Crippen LogP contribution in [0.3, 0.4) is 0 Å². The molecule has 4 atom stereocenters. The van der Waals surface area contributed by atoms with Gasteiger partial charge < -0.3 is 29.2 Å². The third kappa shape index (κ3) is 4.62. The smallest absolute Gasteiger partial charge is 0.246 e. The maximum atomic E-state index is 14.5. The van der Waals surface area contributed by atoms with Crippen molar-refractivity contribution in [1.82, 2.24) is 24.4 Å². The summed E-state index contributed by atoms with van der Waals surface area (Å²) in [6.07, 6.45) is 10.4. The monoisotopic (exact) mass is 592 g/mol. The second-order valence-corrected chi connectivity index (χ2v) is 12.9. The first-order valence-electron chi connectivity index (χ1n) is 16.0. The number of likely N-dealkylation sites (N-methyl/N-ethyl adjacent to an activating group) is 1. The molecule has 1 saturated carbocycles. The Morgan fingerprint density at radius 3 is 2.60 bits per heavy atom. The molecule has 5 heterocycles. The van der Waals surface area contributed by atoms with Crippen LogP contribution in [-0.4, -0.2) is 88.2 Å². The van der Waals surface area contributed by atoms with Gasteiger partial charge in [0.2, 0.25) is 17.5 Å². The molecule has 2 N–H and O–H groups in total. The Hall–Kier alpha value is -2.86. The van der Waals surface area contributed by atoms with Crippen LogP contribution in [-0.2, 0) is 14.2 Å². The Balaban J connectivity index is 1.33. The van der Waals surface area contributed by atoms with Crippen molar-refractivity contribution < 1.29 is 23.7 Å². The van der Waals surface area contributed by atoms with Crippen LogP contribution in [0.15, 0.2) is 23.9 Å². The second-order valence-electron chi connectivity index (χ2n) is 12.9. The van der Waals surface area contributed by atoms with Crippen LogP contribution in [0, 0.1) is 12.3 Å². The fourth-order valence-corrected chi connectivity index (χ4v) is 8.41. The molecule has 43 heavy (non-hydrogen) atoms. The molecule has 0 aromatic carbocycles. The molecule has 4 fully saturated rings. The van der Waals surface area contributed by atoms with E-state index in [1.54, 1.807) is 0 Å². The van der Waals surface area contributed by atoms with E-state index in [-0.39, 0.29) is 29.8 Å². The van der Waals surface area contributed by atoms with Crippen LogP contribution in [0.2, 0.25) is 0 Å². The normalized spacial score (nSPS) is 30.1. The minimum atomic E-state index is -0.761. The van der Waals surface area contributed by atoms with Crippen LogP contribution >= 0.6 is 0 Å². The summed E-state index contributed by atoms with van der Waals surface area (Å²) in [5.74, 6) is 0.155. The lowest BCUT2D eigenvalue weighted by molar-refractivity contribution is -0.248. The number of imidazole rings is 1. The highest BCUT2D eigenvalue weighted by atomic mass is 16.7. The molecule has 0 amide bonds. The van der Waals surface area contributed by atoms with Gasteiger partial charge in [-0.15, -0.1) is 0 Å². The van der Waals surface area contributed by atoms with E-state index in [1.807, 2.05) is 13.0 Å². The van der Waals surface area contributed by atoms with Crippen molar-refractivity contribution in [2.75, 3.05) is 40.0 Å². The quantitative estimate of drug-likeness (QED) is 0.372. The molecule has 2 aliphatic carbocycles. The van der Waals surface area contributed by atoms with Crippen LogP contribution in [0.25, 0.3) is 11.2 Å². The van der Waals surface area contributed by atoms with Crippen molar-refractivity contribution in [3.63, 3.8) is 0 Å². The lowest BCUT2D eigenvalue weighted by Gasteiger charge is -2.52. The van der Waals surface area contributed by atoms with Crippen molar-refractivity contribution in [2.45, 2.75) is 95.1 Å². The van der Waals surface area contributed by atoms with Crippen molar-refractivity contribution in [3.05, 3.63) is 35.6 Å². The Kier molecular flexibility index (Phi) is 7.56. The molecule has 232 valence electrons. The largest absolute Gasteiger partial charge is 0.467 e. The number of fused-ring (bicyclic) bond motifs is 2. The molecule has 3 saturated heterocycles. The summed E-state index contributed by atoms with van der Waals surface area (Å²) in [4.78, 5) is 31.3. The standard InChI is InChI=1S/C32H44N6O5/c1-4-24(23-10-8-15-37(23)3)43-30-25-29(38(20(2)34-25)21-11-16-40-19-21)35-28(36-30)26(39)22-9-7-13-31(27(22)33)12-5-6-14-32(31)41-17-18-42-32/h4,21,23-24H,1,5-19,33H2,2-3H3/t21-,23+,24+,31+/m1/s1. The molecule has 11 heteroatoms. The van der Waals surface area contributed by atoms with Gasteiger partial charge >= 0.3 is 0 Å². The van der Waals surface area contributed by atoms with Crippen molar-refractivity contribution >= 4 is 16.9 Å². The molecule has 2 aromatic heterocycles. The van der Waals surface area contributed by atoms with Gasteiger partial charge in [0, 0.05) is 24.3 Å². The summed E-state index contributed by atoms with van der Waals surface area (Å²) >= 11 is 0. The third-order valence-corrected chi connectivity index (χ3v) is 10.6. The molecule has 0 unspecified atom stereocenters. The van der Waals surface area contributed by atoms with Gasteiger partial charge in [-0.05, 0) is 78.0 Å². The lowest BCUT2D eigenvalue weighted by Crippen LogP contribution is -2.56. The van der Waals surface area contributed by atoms with Gasteiger partial charge in [0.15, 0.2) is 17.0 Å². The highest BCUT2D eigenvalue weighted by Gasteiger charge is 2.60. The Labute approximate surface area is 252 Å². The molecular formula is C32H44N6O5. The van der Waals surface area contributed by atoms with Gasteiger partial charge in [-0.25, -0.2) is 9.97 Å². The summed E-state index contributed by atoms with van der Waals surface area (Å²) < 4.78 is 27.0. The van der Waals surface area contributed by atoms with E-state index in [1.165, 1.54) is 0 Å². The highest BCUT2D eigenvalue weighted by molar-refractivity contribution is 6.07. The average Bonchev–Trinajstić information content (AvgIpc) is 3.82. The number of ketones is 1. The number of rotatable bonds is 7. The Morgan fingerprint density at radius 1 is 1.09 bits per heavy atom. The minimum absolute atomic E-state index is 0.0767. The molecule has 7 rings (SSSR count). The first-order valence-corrected chi connectivity index (χ1v) is 16.0. The maximum Gasteiger partial charge on any atom is 0.246 e. The number of carbonyl (C=O) groups is 1. The van der Waals surface area contributed by atoms with E-state index in [9.17, 15) is 4.79 Å². The zero-order chi connectivity index (χ0) is 29.8. The molecule has 3 aliphatic heterocycles. The predicted molar refractivity (Wildman–Crippen MR) is 160 cm³/mol. The number of likely N-dealkylation sites (tertiary alicyclic amines) is 1. The van der Waals surface area contributed by atoms with E-state index in [4.69, 9.17) is 39.6 Å². The molecule has 2 spiro atoms. The second kappa shape index (κ2) is 11.3. The summed E-state index contributed by atoms with van der Waals surface area (Å²) in [7, 11) is 2.10. The topological polar surface area (TPSA) is 127 Å². The summed E-state index contributed by atoms with van der Waals surface area (Å²) in [6.45, 7) is 9.37. The molecule has 5 aliphatic rings. The third-order valence-electron chi connectivity index (χ3n) is 10.6. The van der Waals surface area contributed by atoms with Gasteiger partial charge in [-0.3, -0.25) is 9.69 Å². The Bertz CT molecular complexity index is 1440. The minimum Gasteiger partial charge on any atom is -0.467 e. The number of hydrogen-bond acceptors (Lipinski definition) is 10. The van der Waals surface area contributed by atoms with E-state index >= 15 is 0 Å². The van der Waals surface area contributed by atoms with Gasteiger partial charge in [0.1, 0.15) is 11.9 Å². The molecule has 2 aromatic rings. The fraction of sp³-hybridized carbons (Fsp3) is 0.688. The van der Waals surface area contributed by atoms with Crippen LogP contribution in [0.1, 0.15) is 86.7 Å². The number of ether oxygens (including phenoxy) is 4. The SMILES string of the molecule is C=C[C@H](Oc1nc(C(=O)C2=C(N)[C@]3(CCCCC34OCCO4)CCC2)nc2c1nc(C)n2[C@@H]1CCOC1)[C@@H]1CCCN1C. The first-order chi connectivity index (χ1) is 20.9. The van der Waals surface area contributed by atoms with Crippen molar-refractivity contribution in [3.8, 4) is 5.88 Å². The first kappa shape index (κ1) is 28.9. The predicted octanol–water partition coefficient (Wildman–Crippen LogP) is 4.01. The van der Waals surface area contributed by atoms with Gasteiger partial charge in [0.05, 0.1) is 37.3 Å². The van der Waals surface area contributed by atoms with Crippen molar-refractivity contribution in [1.29, 1.82) is 0 Å². The lowest BCUT2D eigenvalue weighted by atomic mass is 9.61. The number of aryl methyl sites for hydroxylation is 1. The van der Waals surface area contributed by atoms with Gasteiger partial charge in [0.25, 0.3) is 0 Å². The number of carbonyl (C=O) groups excluding carboxylic acids is 1. The number of hydrogen-bond donors (Lipinski definition) is 1. The fourth-order valence-electron chi connectivity index (χ4n) is 8.41.